The zero-order valence-corrected chi connectivity index (χ0v) is 19.3. The van der Waals surface area contributed by atoms with Crippen LogP contribution >= 0.6 is 11.3 Å². The molecule has 1 atom stereocenters. The first-order valence-corrected chi connectivity index (χ1v) is 11.9. The summed E-state index contributed by atoms with van der Waals surface area (Å²) < 4.78 is 1.64. The first kappa shape index (κ1) is 23.2. The summed E-state index contributed by atoms with van der Waals surface area (Å²) in [6.45, 7) is 0.824. The number of carbonyl (C=O) groups is 2. The van der Waals surface area contributed by atoms with Gasteiger partial charge in [-0.25, -0.2) is 0 Å². The van der Waals surface area contributed by atoms with E-state index in [9.17, 15) is 14.4 Å². The summed E-state index contributed by atoms with van der Waals surface area (Å²) in [5, 5.41) is 7.65. The first-order chi connectivity index (χ1) is 16.6. The van der Waals surface area contributed by atoms with E-state index in [1.807, 2.05) is 72.1 Å². The summed E-state index contributed by atoms with van der Waals surface area (Å²) in [6.07, 6.45) is 2.16. The minimum Gasteiger partial charge on any atom is -0.350 e. The number of nitrogens with zero attached hydrogens (tertiary/aromatic N) is 1. The number of thiophene rings is 1. The Balaban J connectivity index is 1.39. The molecule has 0 bridgehead atoms. The van der Waals surface area contributed by atoms with Crippen LogP contribution in [0.3, 0.4) is 0 Å². The monoisotopic (exact) mass is 471 g/mol. The Morgan fingerprint density at radius 1 is 0.824 bits per heavy atom. The smallest absolute Gasteiger partial charge is 0.262 e. The van der Waals surface area contributed by atoms with Crippen molar-refractivity contribution in [2.75, 3.05) is 0 Å². The Hall–Kier alpha value is -3.97. The first-order valence-electron chi connectivity index (χ1n) is 11.0. The van der Waals surface area contributed by atoms with E-state index in [0.717, 1.165) is 16.7 Å². The summed E-state index contributed by atoms with van der Waals surface area (Å²) in [5.74, 6) is -0.500. The van der Waals surface area contributed by atoms with E-state index in [-0.39, 0.29) is 17.4 Å². The molecule has 0 aliphatic rings. The van der Waals surface area contributed by atoms with Crippen molar-refractivity contribution in [2.24, 2.45) is 0 Å². The highest BCUT2D eigenvalue weighted by atomic mass is 32.1. The third-order valence-corrected chi connectivity index (χ3v) is 6.26. The molecule has 0 saturated carbocycles. The molecule has 4 aromatic rings. The van der Waals surface area contributed by atoms with E-state index in [2.05, 4.69) is 10.6 Å². The van der Waals surface area contributed by atoms with Crippen molar-refractivity contribution in [2.45, 2.75) is 25.6 Å². The van der Waals surface area contributed by atoms with Crippen LogP contribution in [0.4, 0.5) is 0 Å². The molecular weight excluding hydrogens is 446 g/mol. The van der Waals surface area contributed by atoms with Crippen LogP contribution in [0.1, 0.15) is 26.4 Å². The van der Waals surface area contributed by atoms with Crippen molar-refractivity contribution in [1.82, 2.24) is 15.2 Å². The van der Waals surface area contributed by atoms with Gasteiger partial charge in [0.1, 0.15) is 6.04 Å². The Kier molecular flexibility index (Phi) is 7.67. The van der Waals surface area contributed by atoms with Crippen molar-refractivity contribution >= 4 is 23.2 Å². The maximum Gasteiger partial charge on any atom is 0.262 e. The topological polar surface area (TPSA) is 80.2 Å². The van der Waals surface area contributed by atoms with E-state index >= 15 is 0 Å². The van der Waals surface area contributed by atoms with Crippen LogP contribution in [-0.2, 0) is 24.3 Å². The molecule has 34 heavy (non-hydrogen) atoms. The second-order valence-electron chi connectivity index (χ2n) is 7.89. The zero-order valence-electron chi connectivity index (χ0n) is 18.5. The normalized spacial score (nSPS) is 11.5. The van der Waals surface area contributed by atoms with Gasteiger partial charge in [-0.2, -0.15) is 0 Å². The van der Waals surface area contributed by atoms with Gasteiger partial charge in [-0.1, -0.05) is 66.7 Å². The van der Waals surface area contributed by atoms with Gasteiger partial charge < -0.3 is 15.2 Å². The van der Waals surface area contributed by atoms with Crippen LogP contribution in [-0.4, -0.2) is 22.4 Å². The van der Waals surface area contributed by atoms with Crippen molar-refractivity contribution in [3.8, 4) is 0 Å². The van der Waals surface area contributed by atoms with Gasteiger partial charge in [0, 0.05) is 25.2 Å². The lowest BCUT2D eigenvalue weighted by molar-refractivity contribution is -0.123. The third-order valence-electron chi connectivity index (χ3n) is 5.39. The highest BCUT2D eigenvalue weighted by Crippen LogP contribution is 2.11. The van der Waals surface area contributed by atoms with Crippen molar-refractivity contribution < 1.29 is 9.59 Å². The molecule has 6 nitrogen and oxygen atoms in total. The van der Waals surface area contributed by atoms with Crippen molar-refractivity contribution in [3.05, 3.63) is 128 Å². The standard InChI is InChI=1S/C27H25N3O3S/c31-25-10-4-5-15-30(25)19-22-13-11-21(12-14-22)18-28-26(32)23(17-20-7-2-1-3-8-20)29-27(33)24-9-6-16-34-24/h1-16,23H,17-19H2,(H,28,32)(H,29,33). The number of carbonyl (C=O) groups excluding carboxylic acids is 2. The summed E-state index contributed by atoms with van der Waals surface area (Å²) in [4.78, 5) is 38.1. The fourth-order valence-corrected chi connectivity index (χ4v) is 4.19. The van der Waals surface area contributed by atoms with Gasteiger partial charge in [0.2, 0.25) is 5.91 Å². The van der Waals surface area contributed by atoms with Gasteiger partial charge in [0.25, 0.3) is 11.5 Å². The SMILES string of the molecule is O=C(NC(Cc1ccccc1)C(=O)NCc1ccc(Cn2ccccc2=O)cc1)c1cccs1. The molecule has 0 aliphatic carbocycles. The highest BCUT2D eigenvalue weighted by Gasteiger charge is 2.22. The fourth-order valence-electron chi connectivity index (χ4n) is 3.56. The molecule has 2 heterocycles. The largest absolute Gasteiger partial charge is 0.350 e. The molecule has 2 aromatic carbocycles. The number of amides is 2. The third kappa shape index (κ3) is 6.30. The zero-order chi connectivity index (χ0) is 23.8. The minimum absolute atomic E-state index is 0.0482. The molecule has 0 fully saturated rings. The predicted octanol–water partition coefficient (Wildman–Crippen LogP) is 3.62. The van der Waals surface area contributed by atoms with Crippen LogP contribution in [0.2, 0.25) is 0 Å². The van der Waals surface area contributed by atoms with E-state index in [1.54, 1.807) is 22.9 Å². The molecule has 0 radical (unpaired) electrons. The number of benzene rings is 2. The molecule has 0 saturated heterocycles. The second-order valence-corrected chi connectivity index (χ2v) is 8.84. The van der Waals surface area contributed by atoms with Crippen LogP contribution in [0.25, 0.3) is 0 Å². The average molecular weight is 472 g/mol. The molecule has 2 aromatic heterocycles. The molecule has 2 N–H and O–H groups in total. The maximum absolute atomic E-state index is 13.0. The number of hydrogen-bond acceptors (Lipinski definition) is 4. The molecular formula is C27H25N3O3S. The number of aromatic nitrogens is 1. The van der Waals surface area contributed by atoms with Gasteiger partial charge >= 0.3 is 0 Å². The summed E-state index contributed by atoms with van der Waals surface area (Å²) in [7, 11) is 0. The number of nitrogens with one attached hydrogen (secondary N) is 2. The Labute approximate surface area is 201 Å². The summed E-state index contributed by atoms with van der Waals surface area (Å²) >= 11 is 1.34. The van der Waals surface area contributed by atoms with E-state index in [4.69, 9.17) is 0 Å². The van der Waals surface area contributed by atoms with Crippen molar-refractivity contribution in [3.63, 3.8) is 0 Å². The molecule has 0 aliphatic heterocycles. The Bertz CT molecular complexity index is 1280. The number of rotatable bonds is 9. The van der Waals surface area contributed by atoms with E-state index < -0.39 is 6.04 Å². The van der Waals surface area contributed by atoms with Crippen LogP contribution in [0.5, 0.6) is 0 Å². The van der Waals surface area contributed by atoms with Crippen LogP contribution in [0.15, 0.2) is 101 Å². The summed E-state index contributed by atoms with van der Waals surface area (Å²) in [6, 6.07) is 25.3. The van der Waals surface area contributed by atoms with Crippen molar-refractivity contribution in [1.29, 1.82) is 0 Å². The lowest BCUT2D eigenvalue weighted by Gasteiger charge is -2.18. The molecule has 0 spiro atoms. The molecule has 1 unspecified atom stereocenters. The minimum atomic E-state index is -0.693. The predicted molar refractivity (Wildman–Crippen MR) is 134 cm³/mol. The van der Waals surface area contributed by atoms with Crippen LogP contribution in [0, 0.1) is 0 Å². The van der Waals surface area contributed by atoms with Crippen LogP contribution < -0.4 is 16.2 Å². The summed E-state index contributed by atoms with van der Waals surface area (Å²) in [5.41, 5.74) is 2.84. The van der Waals surface area contributed by atoms with Gasteiger partial charge in [-0.05, 0) is 34.2 Å². The second kappa shape index (κ2) is 11.2. The lowest BCUT2D eigenvalue weighted by atomic mass is 10.0. The quantitative estimate of drug-likeness (QED) is 0.391. The Morgan fingerprint density at radius 3 is 2.26 bits per heavy atom. The van der Waals surface area contributed by atoms with Gasteiger partial charge in [-0.3, -0.25) is 14.4 Å². The van der Waals surface area contributed by atoms with Gasteiger partial charge in [0.15, 0.2) is 0 Å². The lowest BCUT2D eigenvalue weighted by Crippen LogP contribution is -2.47. The highest BCUT2D eigenvalue weighted by molar-refractivity contribution is 7.12. The number of pyridine rings is 1. The average Bonchev–Trinajstić information content (AvgIpc) is 3.40. The maximum atomic E-state index is 13.0. The van der Waals surface area contributed by atoms with E-state index in [0.29, 0.717) is 24.4 Å². The molecule has 172 valence electrons. The Morgan fingerprint density at radius 2 is 1.56 bits per heavy atom. The van der Waals surface area contributed by atoms with Gasteiger partial charge in [-0.15, -0.1) is 11.3 Å². The molecule has 2 amide bonds. The van der Waals surface area contributed by atoms with Gasteiger partial charge in [0.05, 0.1) is 11.4 Å². The van der Waals surface area contributed by atoms with E-state index in [1.165, 1.54) is 17.4 Å². The fraction of sp³-hybridized carbons (Fsp3) is 0.148. The molecule has 4 rings (SSSR count). The molecule has 7 heteroatoms. The number of hydrogen-bond donors (Lipinski definition) is 2.